The molecule has 0 spiro atoms. The highest BCUT2D eigenvalue weighted by atomic mass is 35.5. The van der Waals surface area contributed by atoms with Gasteiger partial charge >= 0.3 is 6.18 Å². The first-order chi connectivity index (χ1) is 12.2. The van der Waals surface area contributed by atoms with Crippen LogP contribution in [0.3, 0.4) is 0 Å². The van der Waals surface area contributed by atoms with Crippen molar-refractivity contribution in [3.8, 4) is 0 Å². The van der Waals surface area contributed by atoms with Crippen LogP contribution in [0.5, 0.6) is 0 Å². The fourth-order valence-electron chi connectivity index (χ4n) is 3.17. The topological polar surface area (TPSA) is 64.7 Å². The zero-order valence-corrected chi connectivity index (χ0v) is 14.9. The molecule has 1 aliphatic rings. The van der Waals surface area contributed by atoms with E-state index < -0.39 is 11.9 Å². The summed E-state index contributed by atoms with van der Waals surface area (Å²) >= 11 is 5.80. The summed E-state index contributed by atoms with van der Waals surface area (Å²) in [6.07, 6.45) is 0.253. The molecule has 0 aliphatic heterocycles. The van der Waals surface area contributed by atoms with E-state index in [-0.39, 0.29) is 23.9 Å². The van der Waals surface area contributed by atoms with Crippen molar-refractivity contribution in [3.05, 3.63) is 34.4 Å². The maximum Gasteiger partial charge on any atom is 0.435 e. The molecule has 1 aliphatic carbocycles. The Balaban J connectivity index is 1.57. The number of fused-ring (bicyclic) bond motifs is 1. The van der Waals surface area contributed by atoms with E-state index in [9.17, 15) is 18.0 Å². The highest BCUT2D eigenvalue weighted by molar-refractivity contribution is 6.30. The molecule has 3 rings (SSSR count). The van der Waals surface area contributed by atoms with Gasteiger partial charge in [0.05, 0.1) is 11.2 Å². The summed E-state index contributed by atoms with van der Waals surface area (Å²) < 4.78 is 42.1. The van der Waals surface area contributed by atoms with E-state index in [2.05, 4.69) is 15.5 Å². The lowest BCUT2D eigenvalue weighted by Crippen LogP contribution is -2.33. The van der Waals surface area contributed by atoms with Gasteiger partial charge in [0.2, 0.25) is 5.91 Å². The smallest absolute Gasteiger partial charge is 0.354 e. The van der Waals surface area contributed by atoms with Crippen LogP contribution in [-0.4, -0.2) is 32.0 Å². The van der Waals surface area contributed by atoms with E-state index >= 15 is 0 Å². The summed E-state index contributed by atoms with van der Waals surface area (Å²) in [5.74, 6) is -0.273. The van der Waals surface area contributed by atoms with Crippen molar-refractivity contribution in [2.24, 2.45) is 5.92 Å². The standard InChI is InChI=1S/C16H19ClF3N5O/c1-10(7-24-8-11(17)6-22-24)5-21-14(26)9-25-13-4-2-3-12(13)15(23-25)16(18,19)20/h6,8,10H,2-5,7,9H2,1H3,(H,21,26). The monoisotopic (exact) mass is 389 g/mol. The molecule has 0 saturated heterocycles. The molecular formula is C16H19ClF3N5O. The van der Waals surface area contributed by atoms with Gasteiger partial charge in [0, 0.05) is 30.5 Å². The molecule has 0 bridgehead atoms. The Hall–Kier alpha value is -2.03. The van der Waals surface area contributed by atoms with Gasteiger partial charge < -0.3 is 5.32 Å². The van der Waals surface area contributed by atoms with Gasteiger partial charge in [-0.3, -0.25) is 14.2 Å². The maximum absolute atomic E-state index is 13.1. The molecule has 26 heavy (non-hydrogen) atoms. The predicted octanol–water partition coefficient (Wildman–Crippen LogP) is 2.69. The van der Waals surface area contributed by atoms with Crippen molar-refractivity contribution >= 4 is 17.5 Å². The highest BCUT2D eigenvalue weighted by Gasteiger charge is 2.40. The summed E-state index contributed by atoms with van der Waals surface area (Å²) in [5, 5.41) is 11.0. The third-order valence-electron chi connectivity index (χ3n) is 4.32. The van der Waals surface area contributed by atoms with Crippen molar-refractivity contribution in [2.75, 3.05) is 6.54 Å². The number of nitrogens with zero attached hydrogens (tertiary/aromatic N) is 4. The number of hydrogen-bond acceptors (Lipinski definition) is 3. The molecule has 10 heteroatoms. The van der Waals surface area contributed by atoms with E-state index in [1.54, 1.807) is 10.9 Å². The summed E-state index contributed by atoms with van der Waals surface area (Å²) in [5.41, 5.74) is -0.109. The minimum Gasteiger partial charge on any atom is -0.354 e. The fraction of sp³-hybridized carbons (Fsp3) is 0.562. The molecule has 1 unspecified atom stereocenters. The summed E-state index contributed by atoms with van der Waals surface area (Å²) in [4.78, 5) is 12.1. The second-order valence-electron chi connectivity index (χ2n) is 6.57. The lowest BCUT2D eigenvalue weighted by atomic mass is 10.2. The van der Waals surface area contributed by atoms with Crippen LogP contribution in [0.1, 0.15) is 30.3 Å². The molecule has 0 aromatic carbocycles. The quantitative estimate of drug-likeness (QED) is 0.826. The third kappa shape index (κ3) is 4.20. The van der Waals surface area contributed by atoms with Crippen LogP contribution < -0.4 is 5.32 Å². The van der Waals surface area contributed by atoms with Gasteiger partial charge in [-0.1, -0.05) is 18.5 Å². The summed E-state index contributed by atoms with van der Waals surface area (Å²) in [6.45, 7) is 2.68. The Labute approximate surface area is 153 Å². The largest absolute Gasteiger partial charge is 0.435 e. The number of hydrogen-bond donors (Lipinski definition) is 1. The lowest BCUT2D eigenvalue weighted by Gasteiger charge is -2.13. The van der Waals surface area contributed by atoms with Crippen molar-refractivity contribution in [1.82, 2.24) is 24.9 Å². The van der Waals surface area contributed by atoms with E-state index in [1.807, 2.05) is 6.92 Å². The molecule has 142 valence electrons. The van der Waals surface area contributed by atoms with Crippen LogP contribution in [0, 0.1) is 5.92 Å². The molecule has 0 fully saturated rings. The van der Waals surface area contributed by atoms with Gasteiger partial charge in [-0.2, -0.15) is 23.4 Å². The zero-order valence-electron chi connectivity index (χ0n) is 14.2. The Bertz CT molecular complexity index is 798. The average Bonchev–Trinajstić information content (AvgIpc) is 3.23. The molecule has 1 atom stereocenters. The Morgan fingerprint density at radius 1 is 1.42 bits per heavy atom. The van der Waals surface area contributed by atoms with Gasteiger partial charge in [0.15, 0.2) is 5.69 Å². The number of amides is 1. The number of carbonyl (C=O) groups excluding carboxylic acids is 1. The van der Waals surface area contributed by atoms with Gasteiger partial charge in [-0.05, 0) is 25.2 Å². The number of aromatic nitrogens is 4. The van der Waals surface area contributed by atoms with E-state index in [0.717, 1.165) is 0 Å². The number of rotatable bonds is 6. The zero-order chi connectivity index (χ0) is 18.9. The molecule has 2 heterocycles. The van der Waals surface area contributed by atoms with Crippen LogP contribution in [0.4, 0.5) is 13.2 Å². The second kappa shape index (κ2) is 7.30. The first-order valence-electron chi connectivity index (χ1n) is 8.34. The van der Waals surface area contributed by atoms with E-state index in [0.29, 0.717) is 43.1 Å². The fourth-order valence-corrected chi connectivity index (χ4v) is 3.33. The molecule has 1 N–H and O–H groups in total. The molecule has 1 amide bonds. The molecule has 6 nitrogen and oxygen atoms in total. The van der Waals surface area contributed by atoms with Crippen LogP contribution in [-0.2, 0) is 36.9 Å². The number of alkyl halides is 3. The van der Waals surface area contributed by atoms with Gasteiger partial charge in [-0.25, -0.2) is 0 Å². The summed E-state index contributed by atoms with van der Waals surface area (Å²) in [7, 11) is 0. The number of carbonyl (C=O) groups is 1. The Kier molecular flexibility index (Phi) is 5.27. The summed E-state index contributed by atoms with van der Waals surface area (Å²) in [6, 6.07) is 0. The van der Waals surface area contributed by atoms with Crippen molar-refractivity contribution in [2.45, 2.75) is 45.5 Å². The molecular weight excluding hydrogens is 371 g/mol. The van der Waals surface area contributed by atoms with Crippen LogP contribution >= 0.6 is 11.6 Å². The third-order valence-corrected chi connectivity index (χ3v) is 4.51. The van der Waals surface area contributed by atoms with Gasteiger partial charge in [-0.15, -0.1) is 0 Å². The average molecular weight is 390 g/mol. The van der Waals surface area contributed by atoms with Crippen LogP contribution in [0.25, 0.3) is 0 Å². The number of nitrogens with one attached hydrogen (secondary N) is 1. The van der Waals surface area contributed by atoms with E-state index in [4.69, 9.17) is 11.6 Å². The Morgan fingerprint density at radius 3 is 2.85 bits per heavy atom. The molecule has 0 radical (unpaired) electrons. The van der Waals surface area contributed by atoms with Gasteiger partial charge in [0.25, 0.3) is 0 Å². The Morgan fingerprint density at radius 2 is 2.19 bits per heavy atom. The molecule has 2 aromatic rings. The maximum atomic E-state index is 13.1. The van der Waals surface area contributed by atoms with Crippen LogP contribution in [0.2, 0.25) is 5.02 Å². The number of halogens is 4. The van der Waals surface area contributed by atoms with E-state index in [1.165, 1.54) is 10.9 Å². The SMILES string of the molecule is CC(CNC(=O)Cn1nc(C(F)(F)F)c2c1CCC2)Cn1cc(Cl)cn1. The van der Waals surface area contributed by atoms with Crippen molar-refractivity contribution < 1.29 is 18.0 Å². The van der Waals surface area contributed by atoms with Crippen molar-refractivity contribution in [1.29, 1.82) is 0 Å². The lowest BCUT2D eigenvalue weighted by molar-refractivity contribution is -0.142. The molecule has 0 saturated carbocycles. The first kappa shape index (κ1) is 18.8. The normalized spacial score (nSPS) is 15.1. The second-order valence-corrected chi connectivity index (χ2v) is 7.01. The predicted molar refractivity (Wildman–Crippen MR) is 88.7 cm³/mol. The highest BCUT2D eigenvalue weighted by Crippen LogP contribution is 2.36. The molecule has 2 aromatic heterocycles. The van der Waals surface area contributed by atoms with Gasteiger partial charge in [0.1, 0.15) is 6.54 Å². The van der Waals surface area contributed by atoms with Crippen molar-refractivity contribution in [3.63, 3.8) is 0 Å². The first-order valence-corrected chi connectivity index (χ1v) is 8.72. The minimum absolute atomic E-state index is 0.0870. The van der Waals surface area contributed by atoms with Crippen LogP contribution in [0.15, 0.2) is 12.4 Å². The minimum atomic E-state index is -4.49.